The molecule has 3 aromatic rings. The van der Waals surface area contributed by atoms with Crippen molar-refractivity contribution in [3.63, 3.8) is 0 Å². The summed E-state index contributed by atoms with van der Waals surface area (Å²) in [5, 5.41) is 1.32. The molecular formula is C21H19ClFN3O2. The first-order chi connectivity index (χ1) is 13.2. The summed E-state index contributed by atoms with van der Waals surface area (Å²) in [7, 11) is 0. The molecule has 0 bridgehead atoms. The Bertz CT molecular complexity index is 1130. The van der Waals surface area contributed by atoms with Crippen LogP contribution in [-0.2, 0) is 11.2 Å². The fourth-order valence-corrected chi connectivity index (χ4v) is 3.39. The molecular weight excluding hydrogens is 381 g/mol. The van der Waals surface area contributed by atoms with Crippen LogP contribution in [0.2, 0.25) is 5.02 Å². The van der Waals surface area contributed by atoms with E-state index in [2.05, 4.69) is 9.97 Å². The minimum absolute atomic E-state index is 0.260. The Morgan fingerprint density at radius 2 is 2.04 bits per heavy atom. The molecule has 0 saturated carbocycles. The van der Waals surface area contributed by atoms with Crippen LogP contribution < -0.4 is 0 Å². The Balaban J connectivity index is 1.89. The molecule has 0 atom stereocenters. The number of fused-ring (bicyclic) bond motifs is 2. The Labute approximate surface area is 166 Å². The molecule has 0 spiro atoms. The van der Waals surface area contributed by atoms with Crippen LogP contribution in [0.25, 0.3) is 28.5 Å². The molecule has 0 radical (unpaired) electrons. The lowest BCUT2D eigenvalue weighted by atomic mass is 10.0. The number of carbonyl (C=O) groups excluding carboxylic acids is 1. The van der Waals surface area contributed by atoms with Gasteiger partial charge in [0.05, 0.1) is 22.1 Å². The van der Waals surface area contributed by atoms with Gasteiger partial charge in [-0.15, -0.1) is 0 Å². The smallest absolute Gasteiger partial charge is 0.419 e. The van der Waals surface area contributed by atoms with Gasteiger partial charge >= 0.3 is 6.09 Å². The third-order valence-electron chi connectivity index (χ3n) is 4.40. The van der Waals surface area contributed by atoms with Crippen molar-refractivity contribution in [2.75, 3.05) is 0 Å². The van der Waals surface area contributed by atoms with Gasteiger partial charge in [-0.3, -0.25) is 0 Å². The molecule has 3 aromatic heterocycles. The third kappa shape index (κ3) is 3.52. The van der Waals surface area contributed by atoms with E-state index in [1.165, 1.54) is 16.8 Å². The van der Waals surface area contributed by atoms with Crippen LogP contribution in [0.4, 0.5) is 9.18 Å². The first kappa shape index (κ1) is 18.6. The van der Waals surface area contributed by atoms with Crippen LogP contribution in [0.1, 0.15) is 38.4 Å². The van der Waals surface area contributed by atoms with Crippen molar-refractivity contribution in [2.24, 2.45) is 0 Å². The molecule has 0 aromatic carbocycles. The summed E-state index contributed by atoms with van der Waals surface area (Å²) in [6.45, 7) is 5.37. The zero-order valence-corrected chi connectivity index (χ0v) is 16.5. The average molecular weight is 400 g/mol. The fourth-order valence-electron chi connectivity index (χ4n) is 3.23. The maximum atomic E-state index is 14.0. The average Bonchev–Trinajstić information content (AvgIpc) is 2.98. The topological polar surface area (TPSA) is 57.0 Å². The van der Waals surface area contributed by atoms with E-state index in [4.69, 9.17) is 16.3 Å². The van der Waals surface area contributed by atoms with E-state index in [0.29, 0.717) is 40.6 Å². The molecule has 7 heteroatoms. The number of pyridine rings is 2. The fraction of sp³-hybridized carbons (Fsp3) is 0.286. The number of ether oxygens (including phenoxy) is 1. The minimum Gasteiger partial charge on any atom is -0.443 e. The third-order valence-corrected chi connectivity index (χ3v) is 4.60. The van der Waals surface area contributed by atoms with Gasteiger partial charge in [-0.05, 0) is 63.1 Å². The summed E-state index contributed by atoms with van der Waals surface area (Å²) >= 11 is 5.99. The molecule has 28 heavy (non-hydrogen) atoms. The van der Waals surface area contributed by atoms with Gasteiger partial charge in [0.15, 0.2) is 5.65 Å². The lowest BCUT2D eigenvalue weighted by Gasteiger charge is -2.21. The van der Waals surface area contributed by atoms with E-state index < -0.39 is 11.7 Å². The lowest BCUT2D eigenvalue weighted by molar-refractivity contribution is 0.0539. The predicted octanol–water partition coefficient (Wildman–Crippen LogP) is 5.79. The zero-order valence-electron chi connectivity index (χ0n) is 15.8. The van der Waals surface area contributed by atoms with Gasteiger partial charge in [0.2, 0.25) is 0 Å². The molecule has 144 valence electrons. The molecule has 0 aliphatic heterocycles. The molecule has 1 aliphatic rings. The largest absolute Gasteiger partial charge is 0.443 e. The van der Waals surface area contributed by atoms with E-state index in [-0.39, 0.29) is 5.83 Å². The normalized spacial score (nSPS) is 14.0. The van der Waals surface area contributed by atoms with Crippen molar-refractivity contribution in [1.29, 1.82) is 0 Å². The number of carbonyl (C=O) groups is 1. The standard InChI is InChI=1S/C21H19ClFN3O2/c1-21(2,3)28-20(27)26-17-10-15(23)6-4-12(17)9-18(26)16-7-5-13-8-14(22)11-24-19(13)25-16/h5,7-11H,4,6H2,1-3H3. The predicted molar refractivity (Wildman–Crippen MR) is 107 cm³/mol. The summed E-state index contributed by atoms with van der Waals surface area (Å²) in [5.74, 6) is -0.260. The number of hydrogen-bond donors (Lipinski definition) is 0. The highest BCUT2D eigenvalue weighted by atomic mass is 35.5. The second-order valence-corrected chi connectivity index (χ2v) is 8.18. The molecule has 0 N–H and O–H groups in total. The number of hydrogen-bond acceptors (Lipinski definition) is 4. The summed E-state index contributed by atoms with van der Waals surface area (Å²) in [6, 6.07) is 7.28. The SMILES string of the molecule is CC(C)(C)OC(=O)n1c(-c2ccc3cc(Cl)cnc3n2)cc2c1C=C(F)CC2. The molecule has 1 aliphatic carbocycles. The monoisotopic (exact) mass is 399 g/mol. The highest BCUT2D eigenvalue weighted by Crippen LogP contribution is 2.33. The number of allylic oxidation sites excluding steroid dienone is 1. The maximum absolute atomic E-state index is 14.0. The second kappa shape index (κ2) is 6.71. The Hall–Kier alpha value is -2.73. The first-order valence-corrected chi connectivity index (χ1v) is 9.36. The van der Waals surface area contributed by atoms with E-state index >= 15 is 0 Å². The highest BCUT2D eigenvalue weighted by molar-refractivity contribution is 6.31. The molecule has 0 fully saturated rings. The quantitative estimate of drug-likeness (QED) is 0.519. The summed E-state index contributed by atoms with van der Waals surface area (Å²) < 4.78 is 20.9. The van der Waals surface area contributed by atoms with Crippen molar-refractivity contribution in [1.82, 2.24) is 14.5 Å². The zero-order chi connectivity index (χ0) is 20.1. The van der Waals surface area contributed by atoms with Gasteiger partial charge in [-0.2, -0.15) is 0 Å². The molecule has 0 saturated heterocycles. The number of aromatic nitrogens is 3. The minimum atomic E-state index is -0.683. The molecule has 0 amide bonds. The Morgan fingerprint density at radius 1 is 1.25 bits per heavy atom. The van der Waals surface area contributed by atoms with Crippen LogP contribution >= 0.6 is 11.6 Å². The number of nitrogens with zero attached hydrogens (tertiary/aromatic N) is 3. The highest BCUT2D eigenvalue weighted by Gasteiger charge is 2.27. The van der Waals surface area contributed by atoms with E-state index in [1.807, 2.05) is 12.1 Å². The van der Waals surface area contributed by atoms with Crippen molar-refractivity contribution >= 4 is 34.8 Å². The number of rotatable bonds is 1. The van der Waals surface area contributed by atoms with Crippen LogP contribution in [0.3, 0.4) is 0 Å². The maximum Gasteiger partial charge on any atom is 0.419 e. The molecule has 0 unspecified atom stereocenters. The van der Waals surface area contributed by atoms with Gasteiger partial charge in [0, 0.05) is 18.0 Å². The van der Waals surface area contributed by atoms with Crippen LogP contribution in [-0.4, -0.2) is 26.2 Å². The summed E-state index contributed by atoms with van der Waals surface area (Å²) in [5.41, 5.74) is 2.31. The summed E-state index contributed by atoms with van der Waals surface area (Å²) in [6.07, 6.45) is 3.18. The summed E-state index contributed by atoms with van der Waals surface area (Å²) in [4.78, 5) is 21.8. The van der Waals surface area contributed by atoms with Crippen molar-refractivity contribution in [3.05, 3.63) is 52.6 Å². The van der Waals surface area contributed by atoms with Crippen molar-refractivity contribution in [2.45, 2.75) is 39.2 Å². The first-order valence-electron chi connectivity index (χ1n) is 8.98. The van der Waals surface area contributed by atoms with Gasteiger partial charge in [0.25, 0.3) is 0 Å². The van der Waals surface area contributed by atoms with E-state index in [0.717, 1.165) is 10.9 Å². The van der Waals surface area contributed by atoms with E-state index in [9.17, 15) is 9.18 Å². The van der Waals surface area contributed by atoms with Crippen molar-refractivity contribution < 1.29 is 13.9 Å². The molecule has 3 heterocycles. The van der Waals surface area contributed by atoms with E-state index in [1.54, 1.807) is 32.9 Å². The van der Waals surface area contributed by atoms with Crippen molar-refractivity contribution in [3.8, 4) is 11.4 Å². The Kier molecular flexibility index (Phi) is 4.46. The lowest BCUT2D eigenvalue weighted by Crippen LogP contribution is -2.28. The van der Waals surface area contributed by atoms with Crippen LogP contribution in [0, 0.1) is 0 Å². The molecule has 4 rings (SSSR count). The Morgan fingerprint density at radius 3 is 2.79 bits per heavy atom. The van der Waals surface area contributed by atoms with Gasteiger partial charge in [-0.25, -0.2) is 23.7 Å². The molecule has 5 nitrogen and oxygen atoms in total. The van der Waals surface area contributed by atoms with Crippen LogP contribution in [0.15, 0.2) is 36.3 Å². The number of halogens is 2. The van der Waals surface area contributed by atoms with Crippen LogP contribution in [0.5, 0.6) is 0 Å². The second-order valence-electron chi connectivity index (χ2n) is 7.74. The van der Waals surface area contributed by atoms with Gasteiger partial charge in [-0.1, -0.05) is 11.6 Å². The van der Waals surface area contributed by atoms with Gasteiger partial charge in [0.1, 0.15) is 11.4 Å². The van der Waals surface area contributed by atoms with Gasteiger partial charge < -0.3 is 4.74 Å². The number of aryl methyl sites for hydroxylation is 1.